The van der Waals surface area contributed by atoms with Gasteiger partial charge in [0, 0.05) is 6.54 Å². The van der Waals surface area contributed by atoms with Crippen LogP contribution in [-0.2, 0) is 0 Å². The van der Waals surface area contributed by atoms with E-state index in [4.69, 9.17) is 11.6 Å². The van der Waals surface area contributed by atoms with E-state index in [1.807, 2.05) is 31.2 Å². The van der Waals surface area contributed by atoms with E-state index in [-0.39, 0.29) is 0 Å². The van der Waals surface area contributed by atoms with Crippen LogP contribution in [-0.4, -0.2) is 6.54 Å². The summed E-state index contributed by atoms with van der Waals surface area (Å²) in [6, 6.07) is 16.2. The van der Waals surface area contributed by atoms with E-state index in [1.165, 1.54) is 11.1 Å². The number of anilines is 1. The molecule has 2 aliphatic carbocycles. The molecule has 0 spiro atoms. The monoisotopic (exact) mass is 231 g/mol. The van der Waals surface area contributed by atoms with Crippen molar-refractivity contribution in [3.8, 4) is 11.1 Å². The summed E-state index contributed by atoms with van der Waals surface area (Å²) in [5.41, 5.74) is 3.86. The molecule has 0 aliphatic heterocycles. The van der Waals surface area contributed by atoms with Crippen molar-refractivity contribution in [1.29, 1.82) is 0 Å². The molecule has 0 bridgehead atoms. The molecule has 0 radical (unpaired) electrons. The first-order valence-electron chi connectivity index (χ1n) is 5.40. The normalized spacial score (nSPS) is 10.1. The summed E-state index contributed by atoms with van der Waals surface area (Å²) in [5.74, 6) is 0. The van der Waals surface area contributed by atoms with Crippen LogP contribution in [0.5, 0.6) is 0 Å². The van der Waals surface area contributed by atoms with E-state index in [1.54, 1.807) is 0 Å². The maximum absolute atomic E-state index is 5.84. The van der Waals surface area contributed by atoms with Gasteiger partial charge in [-0.05, 0) is 30.2 Å². The number of fused-ring (bicyclic) bond motifs is 1. The summed E-state index contributed by atoms with van der Waals surface area (Å²) in [6.07, 6.45) is 0. The first-order chi connectivity index (χ1) is 7.81. The molecule has 16 heavy (non-hydrogen) atoms. The smallest absolute Gasteiger partial charge is 0.0637 e. The lowest BCUT2D eigenvalue weighted by Crippen LogP contribution is -1.95. The Morgan fingerprint density at radius 2 is 1.50 bits per heavy atom. The summed E-state index contributed by atoms with van der Waals surface area (Å²) >= 11 is 5.84. The van der Waals surface area contributed by atoms with E-state index >= 15 is 0 Å². The first-order valence-corrected chi connectivity index (χ1v) is 5.78. The molecule has 0 aromatic heterocycles. The number of halogens is 1. The van der Waals surface area contributed by atoms with Crippen molar-refractivity contribution in [2.75, 3.05) is 11.9 Å². The molecule has 0 saturated carbocycles. The fraction of sp³-hybridized carbons (Fsp3) is 0.143. The highest BCUT2D eigenvalue weighted by Gasteiger charge is 2.03. The molecule has 0 fully saturated rings. The molecule has 2 heteroatoms. The Bertz CT molecular complexity index is 441. The molecular formula is C14H14ClN. The molecule has 2 aliphatic rings. The lowest BCUT2D eigenvalue weighted by atomic mass is 9.95. The highest BCUT2D eigenvalue weighted by Crippen LogP contribution is 2.29. The third-order valence-electron chi connectivity index (χ3n) is 2.46. The van der Waals surface area contributed by atoms with Crippen molar-refractivity contribution in [3.05, 3.63) is 53.6 Å². The Balaban J connectivity index is 0.000000134. The van der Waals surface area contributed by atoms with Crippen molar-refractivity contribution in [2.24, 2.45) is 0 Å². The van der Waals surface area contributed by atoms with Crippen LogP contribution in [0.25, 0.3) is 11.1 Å². The fourth-order valence-corrected chi connectivity index (χ4v) is 1.66. The number of rotatable bonds is 2. The summed E-state index contributed by atoms with van der Waals surface area (Å²) in [7, 11) is 0. The van der Waals surface area contributed by atoms with E-state index in [0.717, 1.165) is 17.3 Å². The van der Waals surface area contributed by atoms with Gasteiger partial charge in [0.2, 0.25) is 0 Å². The second-order valence-corrected chi connectivity index (χ2v) is 3.99. The average molecular weight is 232 g/mol. The molecule has 1 aromatic carbocycles. The zero-order valence-corrected chi connectivity index (χ0v) is 9.96. The molecule has 1 aromatic rings. The predicted octanol–water partition coefficient (Wildman–Crippen LogP) is 4.44. The molecule has 0 amide bonds. The lowest BCUT2D eigenvalue weighted by Gasteiger charge is -2.10. The summed E-state index contributed by atoms with van der Waals surface area (Å²) in [5, 5.41) is 3.93. The Morgan fingerprint density at radius 1 is 0.938 bits per heavy atom. The first kappa shape index (κ1) is 11.0. The van der Waals surface area contributed by atoms with Gasteiger partial charge in [-0.15, -0.1) is 0 Å². The van der Waals surface area contributed by atoms with Crippen LogP contribution in [0.2, 0.25) is 5.02 Å². The van der Waals surface area contributed by atoms with Crippen LogP contribution in [0, 0.1) is 0 Å². The Morgan fingerprint density at radius 3 is 1.88 bits per heavy atom. The second kappa shape index (κ2) is 5.04. The van der Waals surface area contributed by atoms with E-state index in [0.29, 0.717) is 0 Å². The molecule has 3 rings (SSSR count). The number of hydrogen-bond donors (Lipinski definition) is 1. The van der Waals surface area contributed by atoms with E-state index in [9.17, 15) is 0 Å². The quantitative estimate of drug-likeness (QED) is 0.688. The predicted molar refractivity (Wildman–Crippen MR) is 71.1 cm³/mol. The van der Waals surface area contributed by atoms with Crippen molar-refractivity contribution in [1.82, 2.24) is 0 Å². The molecule has 0 saturated heterocycles. The van der Waals surface area contributed by atoms with Gasteiger partial charge in [-0.2, -0.15) is 0 Å². The van der Waals surface area contributed by atoms with Gasteiger partial charge < -0.3 is 5.32 Å². The van der Waals surface area contributed by atoms with E-state index < -0.39 is 0 Å². The summed E-state index contributed by atoms with van der Waals surface area (Å²) in [4.78, 5) is 0. The summed E-state index contributed by atoms with van der Waals surface area (Å²) in [6.45, 7) is 2.95. The van der Waals surface area contributed by atoms with Crippen molar-refractivity contribution in [2.45, 2.75) is 6.92 Å². The van der Waals surface area contributed by atoms with Crippen LogP contribution >= 0.6 is 11.6 Å². The second-order valence-electron chi connectivity index (χ2n) is 3.59. The number of para-hydroxylation sites is 1. The SMILES string of the molecule is CCNc1ccccc1Cl.c1cc2ccc1-2. The minimum absolute atomic E-state index is 0.782. The van der Waals surface area contributed by atoms with Crippen LogP contribution in [0.15, 0.2) is 48.5 Å². The molecular weight excluding hydrogens is 218 g/mol. The highest BCUT2D eigenvalue weighted by atomic mass is 35.5. The van der Waals surface area contributed by atoms with Gasteiger partial charge in [0.15, 0.2) is 0 Å². The van der Waals surface area contributed by atoms with Gasteiger partial charge in [-0.25, -0.2) is 0 Å². The molecule has 82 valence electrons. The van der Waals surface area contributed by atoms with Crippen LogP contribution in [0.1, 0.15) is 6.92 Å². The number of nitrogens with one attached hydrogen (secondary N) is 1. The zero-order valence-electron chi connectivity index (χ0n) is 9.20. The van der Waals surface area contributed by atoms with E-state index in [2.05, 4.69) is 29.6 Å². The molecule has 1 N–H and O–H groups in total. The fourth-order valence-electron chi connectivity index (χ4n) is 1.46. The lowest BCUT2D eigenvalue weighted by molar-refractivity contribution is 1.21. The van der Waals surface area contributed by atoms with Crippen molar-refractivity contribution < 1.29 is 0 Å². The molecule has 0 atom stereocenters. The minimum Gasteiger partial charge on any atom is -0.384 e. The van der Waals surface area contributed by atoms with Gasteiger partial charge in [-0.3, -0.25) is 0 Å². The van der Waals surface area contributed by atoms with Crippen LogP contribution in [0.3, 0.4) is 0 Å². The van der Waals surface area contributed by atoms with Gasteiger partial charge in [0.1, 0.15) is 0 Å². The van der Waals surface area contributed by atoms with Crippen molar-refractivity contribution >= 4 is 17.3 Å². The third-order valence-corrected chi connectivity index (χ3v) is 2.79. The maximum Gasteiger partial charge on any atom is 0.0637 e. The Kier molecular flexibility index (Phi) is 3.47. The van der Waals surface area contributed by atoms with Gasteiger partial charge in [0.05, 0.1) is 10.7 Å². The minimum atomic E-state index is 0.782. The molecule has 1 nitrogen and oxygen atoms in total. The van der Waals surface area contributed by atoms with Crippen molar-refractivity contribution in [3.63, 3.8) is 0 Å². The molecule has 0 heterocycles. The molecule has 0 unspecified atom stereocenters. The Hall–Kier alpha value is -1.47. The largest absolute Gasteiger partial charge is 0.384 e. The number of benzene rings is 2. The standard InChI is InChI=1S/C8H10ClN.C6H4/c1-2-10-8-6-4-3-5-7(8)9;1-2-6-4-3-5(1)6/h3-6,10H,2H2,1H3;1-4H. The Labute approximate surface area is 101 Å². The summed E-state index contributed by atoms with van der Waals surface area (Å²) < 4.78 is 0. The maximum atomic E-state index is 5.84. The van der Waals surface area contributed by atoms with Crippen LogP contribution < -0.4 is 5.32 Å². The van der Waals surface area contributed by atoms with Crippen LogP contribution in [0.4, 0.5) is 5.69 Å². The zero-order chi connectivity index (χ0) is 11.4. The highest BCUT2D eigenvalue weighted by molar-refractivity contribution is 6.33. The van der Waals surface area contributed by atoms with Gasteiger partial charge in [0.25, 0.3) is 0 Å². The number of hydrogen-bond acceptors (Lipinski definition) is 1. The van der Waals surface area contributed by atoms with Gasteiger partial charge >= 0.3 is 0 Å². The topological polar surface area (TPSA) is 12.0 Å². The third kappa shape index (κ3) is 2.37. The average Bonchev–Trinajstić information content (AvgIpc) is 2.28. The van der Waals surface area contributed by atoms with Gasteiger partial charge in [-0.1, -0.05) is 48.0 Å².